The zero-order valence-corrected chi connectivity index (χ0v) is 24.1. The summed E-state index contributed by atoms with van der Waals surface area (Å²) >= 11 is 0. The van der Waals surface area contributed by atoms with Crippen molar-refractivity contribution in [2.24, 2.45) is 0 Å². The molecule has 0 bridgehead atoms. The van der Waals surface area contributed by atoms with Gasteiger partial charge in [-0.25, -0.2) is 0 Å². The van der Waals surface area contributed by atoms with Crippen molar-refractivity contribution >= 4 is 10.9 Å². The number of fused-ring (bicyclic) bond motifs is 1. The van der Waals surface area contributed by atoms with Crippen LogP contribution >= 0.6 is 0 Å². The molecule has 0 N–H and O–H groups in total. The lowest BCUT2D eigenvalue weighted by Crippen LogP contribution is -2.24. The van der Waals surface area contributed by atoms with E-state index in [4.69, 9.17) is 14.2 Å². The van der Waals surface area contributed by atoms with Crippen molar-refractivity contribution in [3.8, 4) is 17.2 Å². The number of unbranched alkanes of at least 4 members (excludes halogenated alkanes) is 2. The Morgan fingerprint density at radius 2 is 1.51 bits per heavy atom. The summed E-state index contributed by atoms with van der Waals surface area (Å²) in [6.45, 7) is 16.6. The molecular formula is C32H47NO4. The molecule has 0 aliphatic carbocycles. The first kappa shape index (κ1) is 30.3. The van der Waals surface area contributed by atoms with E-state index in [1.54, 1.807) is 0 Å². The van der Waals surface area contributed by atoms with E-state index in [-0.39, 0.29) is 11.3 Å². The van der Waals surface area contributed by atoms with Gasteiger partial charge in [0, 0.05) is 18.0 Å². The van der Waals surface area contributed by atoms with E-state index in [0.717, 1.165) is 60.8 Å². The van der Waals surface area contributed by atoms with Crippen molar-refractivity contribution in [1.29, 1.82) is 0 Å². The Kier molecular flexibility index (Phi) is 13.1. The number of hydrogen-bond donors (Lipinski definition) is 0. The molecule has 1 heterocycles. The Morgan fingerprint density at radius 1 is 0.838 bits per heavy atom. The Morgan fingerprint density at radius 3 is 2.19 bits per heavy atom. The summed E-state index contributed by atoms with van der Waals surface area (Å²) in [5.41, 5.74) is 4.39. The molecule has 0 spiro atoms. The number of rotatable bonds is 16. The lowest BCUT2D eigenvalue weighted by molar-refractivity contribution is 0.303. The molecule has 5 nitrogen and oxygen atoms in total. The van der Waals surface area contributed by atoms with E-state index < -0.39 is 0 Å². The van der Waals surface area contributed by atoms with E-state index in [0.29, 0.717) is 32.1 Å². The smallest absolute Gasteiger partial charge is 0.297 e. The van der Waals surface area contributed by atoms with Crippen molar-refractivity contribution in [2.75, 3.05) is 19.8 Å². The van der Waals surface area contributed by atoms with E-state index >= 15 is 0 Å². The Balaban J connectivity index is 2.52. The fraction of sp³-hybridized carbons (Fsp3) is 0.531. The van der Waals surface area contributed by atoms with Crippen molar-refractivity contribution < 1.29 is 14.2 Å². The van der Waals surface area contributed by atoms with Crippen LogP contribution < -0.4 is 19.8 Å². The van der Waals surface area contributed by atoms with Gasteiger partial charge < -0.3 is 18.8 Å². The van der Waals surface area contributed by atoms with Gasteiger partial charge in [-0.05, 0) is 84.6 Å². The number of aromatic nitrogens is 1. The molecule has 2 rings (SSSR count). The van der Waals surface area contributed by atoms with Crippen LogP contribution in [0.1, 0.15) is 87.0 Å². The number of pyridine rings is 1. The van der Waals surface area contributed by atoms with Crippen LogP contribution in [0.15, 0.2) is 57.9 Å². The zero-order chi connectivity index (χ0) is 27.2. The topological polar surface area (TPSA) is 49.7 Å². The fourth-order valence-corrected chi connectivity index (χ4v) is 3.86. The maximum atomic E-state index is 13.7. The molecule has 0 radical (unpaired) electrons. The summed E-state index contributed by atoms with van der Waals surface area (Å²) in [5, 5.41) is 0.862. The number of allylic oxidation sites excluding steroid dienone is 4. The van der Waals surface area contributed by atoms with Crippen molar-refractivity contribution in [3.63, 3.8) is 0 Å². The fourth-order valence-electron chi connectivity index (χ4n) is 3.86. The molecule has 0 aliphatic rings. The minimum Gasteiger partial charge on any atom is -0.494 e. The van der Waals surface area contributed by atoms with Gasteiger partial charge in [-0.15, -0.1) is 0 Å². The van der Waals surface area contributed by atoms with Gasteiger partial charge in [-0.1, -0.05) is 49.5 Å². The highest BCUT2D eigenvalue weighted by Gasteiger charge is 2.20. The predicted octanol–water partition coefficient (Wildman–Crippen LogP) is 8.40. The quantitative estimate of drug-likeness (QED) is 0.168. The summed E-state index contributed by atoms with van der Waals surface area (Å²) in [5.74, 6) is 1.55. The minimum atomic E-state index is -0.159. The monoisotopic (exact) mass is 509 g/mol. The summed E-state index contributed by atoms with van der Waals surface area (Å²) < 4.78 is 20.2. The average Bonchev–Trinajstić information content (AvgIpc) is 2.85. The first-order valence-electron chi connectivity index (χ1n) is 13.8. The van der Waals surface area contributed by atoms with Crippen LogP contribution in [0.2, 0.25) is 0 Å². The van der Waals surface area contributed by atoms with Crippen molar-refractivity contribution in [1.82, 2.24) is 4.57 Å². The zero-order valence-electron chi connectivity index (χ0n) is 24.1. The molecule has 0 amide bonds. The van der Waals surface area contributed by atoms with Crippen LogP contribution in [0.3, 0.4) is 0 Å². The molecule has 0 unspecified atom stereocenters. The van der Waals surface area contributed by atoms with E-state index in [1.165, 1.54) is 11.1 Å². The molecule has 2 aromatic rings. The normalized spacial score (nSPS) is 11.4. The van der Waals surface area contributed by atoms with Gasteiger partial charge in [0.05, 0.1) is 12.1 Å². The molecule has 0 atom stereocenters. The SMILES string of the molecule is CCCCOc1ccc2c(OC/C=C(\C)CCC=C(C)C)c(OCC=C(C)C)c(=O)n(CCCC)c2c1. The van der Waals surface area contributed by atoms with Crippen LogP contribution in [0.5, 0.6) is 17.2 Å². The molecule has 0 fully saturated rings. The molecule has 37 heavy (non-hydrogen) atoms. The second-order valence-corrected chi connectivity index (χ2v) is 10.1. The molecule has 0 saturated carbocycles. The van der Waals surface area contributed by atoms with Crippen LogP contribution in [0, 0.1) is 0 Å². The maximum Gasteiger partial charge on any atom is 0.297 e. The molecular weight excluding hydrogens is 462 g/mol. The van der Waals surface area contributed by atoms with Crippen molar-refractivity contribution in [3.05, 3.63) is 63.5 Å². The highest BCUT2D eigenvalue weighted by molar-refractivity contribution is 5.89. The van der Waals surface area contributed by atoms with Gasteiger partial charge >= 0.3 is 0 Å². The van der Waals surface area contributed by atoms with Crippen LogP contribution in [-0.2, 0) is 6.54 Å². The third kappa shape index (κ3) is 9.79. The number of hydrogen-bond acceptors (Lipinski definition) is 4. The highest BCUT2D eigenvalue weighted by Crippen LogP contribution is 2.35. The predicted molar refractivity (Wildman–Crippen MR) is 156 cm³/mol. The lowest BCUT2D eigenvalue weighted by atomic mass is 10.1. The standard InChI is InChI=1S/C32H47NO4/c1-8-10-19-33-29-23-27(35-20-11-9-2)15-16-28(29)30(31(32(33)34)37-21-17-25(5)6)36-22-18-26(7)14-12-13-24(3)4/h13,15-18,23H,8-12,14,19-22H2,1-7H3/b26-18+. The highest BCUT2D eigenvalue weighted by atomic mass is 16.5. The Bertz CT molecular complexity index is 1150. The summed E-state index contributed by atoms with van der Waals surface area (Å²) in [6.07, 6.45) is 12.3. The van der Waals surface area contributed by atoms with Gasteiger partial charge in [-0.2, -0.15) is 0 Å². The van der Waals surface area contributed by atoms with Crippen molar-refractivity contribution in [2.45, 2.75) is 93.5 Å². The van der Waals surface area contributed by atoms with E-state index in [1.807, 2.05) is 42.7 Å². The molecule has 1 aromatic heterocycles. The average molecular weight is 510 g/mol. The summed E-state index contributed by atoms with van der Waals surface area (Å²) in [6, 6.07) is 5.92. The summed E-state index contributed by atoms with van der Waals surface area (Å²) in [4.78, 5) is 13.7. The maximum absolute atomic E-state index is 13.7. The van der Waals surface area contributed by atoms with Crippen LogP contribution in [0.4, 0.5) is 0 Å². The number of benzene rings is 1. The second-order valence-electron chi connectivity index (χ2n) is 10.1. The molecule has 5 heteroatoms. The van der Waals surface area contributed by atoms with Gasteiger partial charge in [0.25, 0.3) is 5.56 Å². The first-order valence-corrected chi connectivity index (χ1v) is 13.8. The molecule has 204 valence electrons. The molecule has 0 aliphatic heterocycles. The first-order chi connectivity index (χ1) is 17.8. The van der Waals surface area contributed by atoms with E-state index in [2.05, 4.69) is 46.8 Å². The number of aryl methyl sites for hydroxylation is 1. The second kappa shape index (κ2) is 16.0. The Labute approximate surface area is 223 Å². The van der Waals surface area contributed by atoms with Gasteiger partial charge in [0.2, 0.25) is 5.75 Å². The molecule has 1 aromatic carbocycles. The Hall–Kier alpha value is -2.95. The van der Waals surface area contributed by atoms with Gasteiger partial charge in [0.15, 0.2) is 5.75 Å². The summed E-state index contributed by atoms with van der Waals surface area (Å²) in [7, 11) is 0. The third-order valence-corrected chi connectivity index (χ3v) is 6.12. The number of ether oxygens (including phenoxy) is 3. The third-order valence-electron chi connectivity index (χ3n) is 6.12. The van der Waals surface area contributed by atoms with Crippen LogP contribution in [0.25, 0.3) is 10.9 Å². The minimum absolute atomic E-state index is 0.159. The number of nitrogens with zero attached hydrogens (tertiary/aromatic N) is 1. The van der Waals surface area contributed by atoms with Gasteiger partial charge in [0.1, 0.15) is 19.0 Å². The largest absolute Gasteiger partial charge is 0.494 e. The van der Waals surface area contributed by atoms with Crippen LogP contribution in [-0.4, -0.2) is 24.4 Å². The lowest BCUT2D eigenvalue weighted by Gasteiger charge is -2.19. The van der Waals surface area contributed by atoms with Gasteiger partial charge in [-0.3, -0.25) is 4.79 Å². The molecule has 0 saturated heterocycles. The van der Waals surface area contributed by atoms with E-state index in [9.17, 15) is 4.79 Å².